The van der Waals surface area contributed by atoms with Gasteiger partial charge in [-0.1, -0.05) is 25.4 Å². The van der Waals surface area contributed by atoms with Crippen molar-refractivity contribution in [3.05, 3.63) is 17.3 Å². The predicted molar refractivity (Wildman–Crippen MR) is 74.5 cm³/mol. The zero-order valence-electron chi connectivity index (χ0n) is 11.2. The van der Waals surface area contributed by atoms with E-state index in [9.17, 15) is 0 Å². The molecule has 2 aromatic heterocycles. The number of rotatable bonds is 4. The van der Waals surface area contributed by atoms with Crippen molar-refractivity contribution in [2.24, 2.45) is 5.10 Å². The number of hydrogen-bond donors (Lipinski definition) is 0. The number of fused-ring (bicyclic) bond motifs is 1. The van der Waals surface area contributed by atoms with E-state index < -0.39 is 0 Å². The van der Waals surface area contributed by atoms with E-state index in [1.165, 1.54) is 6.33 Å². The average molecular weight is 282 g/mol. The van der Waals surface area contributed by atoms with E-state index in [-0.39, 0.29) is 0 Å². The molecule has 0 bridgehead atoms. The molecule has 2 rings (SSSR count). The second-order valence-corrected chi connectivity index (χ2v) is 4.17. The summed E-state index contributed by atoms with van der Waals surface area (Å²) in [6, 6.07) is 0. The lowest BCUT2D eigenvalue weighted by atomic mass is 10.5. The summed E-state index contributed by atoms with van der Waals surface area (Å²) >= 11 is 6.02. The number of aryl methyl sites for hydroxylation is 1. The van der Waals surface area contributed by atoms with Gasteiger partial charge in [-0.3, -0.25) is 0 Å². The highest BCUT2D eigenvalue weighted by Gasteiger charge is 2.14. The number of aromatic nitrogens is 4. The Balaban J connectivity index is 2.60. The first-order valence-corrected chi connectivity index (χ1v) is 6.67. The lowest BCUT2D eigenvalue weighted by molar-refractivity contribution is 0.315. The van der Waals surface area contributed by atoms with Gasteiger partial charge in [-0.05, 0) is 6.92 Å². The molecular formula is C12H16ClN5O. The van der Waals surface area contributed by atoms with Crippen molar-refractivity contribution in [2.75, 3.05) is 6.61 Å². The number of hydrogen-bond acceptors (Lipinski definition) is 5. The highest BCUT2D eigenvalue weighted by molar-refractivity contribution is 6.33. The third kappa shape index (κ3) is 2.68. The fraction of sp³-hybridized carbons (Fsp3) is 0.500. The van der Waals surface area contributed by atoms with Crippen LogP contribution in [0.4, 0.5) is 0 Å². The summed E-state index contributed by atoms with van der Waals surface area (Å²) in [5.74, 6) is 1.43. The Morgan fingerprint density at radius 2 is 2.16 bits per heavy atom. The molecule has 0 aromatic carbocycles. The summed E-state index contributed by atoms with van der Waals surface area (Å²) in [6.07, 6.45) is 2.83. The summed E-state index contributed by atoms with van der Waals surface area (Å²) in [6.45, 7) is 6.50. The number of halogens is 1. The smallest absolute Gasteiger partial charge is 0.206 e. The van der Waals surface area contributed by atoms with Crippen molar-refractivity contribution >= 4 is 28.7 Å². The zero-order valence-corrected chi connectivity index (χ0v) is 12.0. The molecule has 0 radical (unpaired) electrons. The van der Waals surface area contributed by atoms with E-state index in [4.69, 9.17) is 16.3 Å². The number of nitrogens with zero attached hydrogens (tertiary/aromatic N) is 5. The van der Waals surface area contributed by atoms with Gasteiger partial charge in [0, 0.05) is 12.8 Å². The Bertz CT molecular complexity index is 607. The molecule has 0 spiro atoms. The second kappa shape index (κ2) is 5.97. The van der Waals surface area contributed by atoms with Gasteiger partial charge in [0.25, 0.3) is 0 Å². The van der Waals surface area contributed by atoms with Crippen molar-refractivity contribution < 1.29 is 4.74 Å². The largest absolute Gasteiger partial charge is 0.480 e. The molecule has 6 nitrogen and oxygen atoms in total. The Hall–Kier alpha value is -1.69. The summed E-state index contributed by atoms with van der Waals surface area (Å²) in [5, 5.41) is 4.80. The third-order valence-corrected chi connectivity index (χ3v) is 2.86. The molecule has 0 fully saturated rings. The molecule has 0 aliphatic carbocycles. The first kappa shape index (κ1) is 13.7. The molecule has 0 N–H and O–H groups in total. The van der Waals surface area contributed by atoms with Crippen LogP contribution in [-0.4, -0.2) is 32.1 Å². The monoisotopic (exact) mass is 281 g/mol. The van der Waals surface area contributed by atoms with Gasteiger partial charge in [0.05, 0.1) is 6.61 Å². The Morgan fingerprint density at radius 1 is 1.37 bits per heavy atom. The molecular weight excluding hydrogens is 266 g/mol. The lowest BCUT2D eigenvalue weighted by Crippen LogP contribution is -2.08. The van der Waals surface area contributed by atoms with Crippen molar-refractivity contribution in [2.45, 2.75) is 33.6 Å². The van der Waals surface area contributed by atoms with Crippen molar-refractivity contribution in [3.63, 3.8) is 0 Å². The van der Waals surface area contributed by atoms with Crippen LogP contribution in [0, 0.1) is 0 Å². The molecule has 0 aliphatic heterocycles. The fourth-order valence-electron chi connectivity index (χ4n) is 1.71. The maximum Gasteiger partial charge on any atom is 0.206 e. The van der Waals surface area contributed by atoms with Gasteiger partial charge < -0.3 is 4.74 Å². The van der Waals surface area contributed by atoms with Gasteiger partial charge in [0.1, 0.15) is 17.7 Å². The van der Waals surface area contributed by atoms with Crippen LogP contribution >= 0.6 is 11.6 Å². The minimum Gasteiger partial charge on any atom is -0.480 e. The average Bonchev–Trinajstić information content (AvgIpc) is 2.78. The van der Waals surface area contributed by atoms with Gasteiger partial charge in [0.15, 0.2) is 10.8 Å². The highest BCUT2D eigenvalue weighted by Crippen LogP contribution is 2.20. The standard InChI is InChI=1S/C12H16ClN5O/c1-4-8-16-10-11(13)14-7-15-12(10)18(8)17-9(5-2)19-6-3/h7H,4-6H2,1-3H3/b17-9-. The Kier molecular flexibility index (Phi) is 4.31. The van der Waals surface area contributed by atoms with Crippen molar-refractivity contribution in [1.82, 2.24) is 19.6 Å². The summed E-state index contributed by atoms with van der Waals surface area (Å²) in [4.78, 5) is 12.6. The summed E-state index contributed by atoms with van der Waals surface area (Å²) < 4.78 is 7.15. The zero-order chi connectivity index (χ0) is 13.8. The highest BCUT2D eigenvalue weighted by atomic mass is 35.5. The van der Waals surface area contributed by atoms with Crippen LogP contribution < -0.4 is 0 Å². The summed E-state index contributed by atoms with van der Waals surface area (Å²) in [7, 11) is 0. The van der Waals surface area contributed by atoms with Gasteiger partial charge in [-0.25, -0.2) is 15.0 Å². The number of ether oxygens (including phenoxy) is 1. The normalized spacial score (nSPS) is 12.1. The molecule has 0 atom stereocenters. The minimum atomic E-state index is 0.336. The molecule has 0 saturated carbocycles. The Morgan fingerprint density at radius 3 is 2.79 bits per heavy atom. The fourth-order valence-corrected chi connectivity index (χ4v) is 1.88. The Labute approximate surface area is 116 Å². The quantitative estimate of drug-likeness (QED) is 0.491. The van der Waals surface area contributed by atoms with E-state index in [2.05, 4.69) is 20.1 Å². The molecule has 2 aromatic rings. The molecule has 7 heteroatoms. The van der Waals surface area contributed by atoms with Gasteiger partial charge in [-0.2, -0.15) is 4.68 Å². The topological polar surface area (TPSA) is 65.2 Å². The lowest BCUT2D eigenvalue weighted by Gasteiger charge is -2.06. The van der Waals surface area contributed by atoms with E-state index in [1.807, 2.05) is 20.8 Å². The van der Waals surface area contributed by atoms with E-state index in [0.29, 0.717) is 35.2 Å². The van der Waals surface area contributed by atoms with Crippen LogP contribution in [0.25, 0.3) is 11.2 Å². The van der Waals surface area contributed by atoms with E-state index in [0.717, 1.165) is 12.2 Å². The molecule has 0 amide bonds. The van der Waals surface area contributed by atoms with Gasteiger partial charge in [0.2, 0.25) is 5.90 Å². The van der Waals surface area contributed by atoms with Crippen molar-refractivity contribution in [1.29, 1.82) is 0 Å². The SMILES string of the molecule is CCO/C(CC)=N\n1c(CC)nc2c(Cl)ncnc21. The van der Waals surface area contributed by atoms with Crippen LogP contribution in [0.1, 0.15) is 33.0 Å². The second-order valence-electron chi connectivity index (χ2n) is 3.81. The van der Waals surface area contributed by atoms with Gasteiger partial charge in [-0.15, -0.1) is 5.10 Å². The predicted octanol–water partition coefficient (Wildman–Crippen LogP) is 2.65. The molecule has 0 saturated heterocycles. The first-order chi connectivity index (χ1) is 9.21. The molecule has 2 heterocycles. The maximum atomic E-state index is 6.02. The molecule has 0 aliphatic rings. The van der Waals surface area contributed by atoms with Crippen molar-refractivity contribution in [3.8, 4) is 0 Å². The minimum absolute atomic E-state index is 0.336. The van der Waals surface area contributed by atoms with Crippen LogP contribution in [0.3, 0.4) is 0 Å². The van der Waals surface area contributed by atoms with Crippen LogP contribution in [0.15, 0.2) is 11.4 Å². The third-order valence-electron chi connectivity index (χ3n) is 2.59. The molecule has 102 valence electrons. The maximum absolute atomic E-state index is 6.02. The first-order valence-electron chi connectivity index (χ1n) is 6.29. The van der Waals surface area contributed by atoms with Crippen LogP contribution in [-0.2, 0) is 11.2 Å². The number of imidazole rings is 1. The van der Waals surface area contributed by atoms with Crippen LogP contribution in [0.5, 0.6) is 0 Å². The van der Waals surface area contributed by atoms with Crippen LogP contribution in [0.2, 0.25) is 5.15 Å². The van der Waals surface area contributed by atoms with Gasteiger partial charge >= 0.3 is 0 Å². The molecule has 19 heavy (non-hydrogen) atoms. The van der Waals surface area contributed by atoms with E-state index in [1.54, 1.807) is 4.68 Å². The van der Waals surface area contributed by atoms with E-state index >= 15 is 0 Å². The molecule has 0 unspecified atom stereocenters. The summed E-state index contributed by atoms with van der Waals surface area (Å²) in [5.41, 5.74) is 1.17.